The molecule has 0 aliphatic rings. The van der Waals surface area contributed by atoms with Gasteiger partial charge in [-0.15, -0.1) is 0 Å². The van der Waals surface area contributed by atoms with Crippen LogP contribution in [0.3, 0.4) is 0 Å². The van der Waals surface area contributed by atoms with Crippen LogP contribution in [0.15, 0.2) is 12.1 Å². The number of ketones is 1. The van der Waals surface area contributed by atoms with E-state index in [1.165, 1.54) is 0 Å². The standard InChI is InChI=1S/C15H23NO3/c1-9(2)12(8-16)15(17)11-7-13(18-4)10(3)6-14(11)19-5/h6-7,9,12H,8,16H2,1-5H3. The summed E-state index contributed by atoms with van der Waals surface area (Å²) >= 11 is 0. The van der Waals surface area contributed by atoms with Crippen LogP contribution in [0.4, 0.5) is 0 Å². The Morgan fingerprint density at radius 2 is 1.79 bits per heavy atom. The number of Topliss-reactive ketones (excluding diaryl/α,β-unsaturated/α-hetero) is 1. The quantitative estimate of drug-likeness (QED) is 0.802. The zero-order valence-corrected chi connectivity index (χ0v) is 12.3. The molecule has 1 aromatic carbocycles. The molecular weight excluding hydrogens is 242 g/mol. The van der Waals surface area contributed by atoms with Crippen LogP contribution in [0.5, 0.6) is 11.5 Å². The molecule has 1 rings (SSSR count). The van der Waals surface area contributed by atoms with Crippen LogP contribution >= 0.6 is 0 Å². The fourth-order valence-corrected chi connectivity index (χ4v) is 2.12. The van der Waals surface area contributed by atoms with Crippen molar-refractivity contribution in [2.45, 2.75) is 20.8 Å². The third-order valence-electron chi connectivity index (χ3n) is 3.38. The van der Waals surface area contributed by atoms with E-state index in [1.54, 1.807) is 20.3 Å². The number of benzene rings is 1. The van der Waals surface area contributed by atoms with Gasteiger partial charge in [-0.1, -0.05) is 13.8 Å². The monoisotopic (exact) mass is 265 g/mol. The maximum Gasteiger partial charge on any atom is 0.171 e. The molecule has 0 amide bonds. The van der Waals surface area contributed by atoms with Gasteiger partial charge in [0, 0.05) is 12.5 Å². The lowest BCUT2D eigenvalue weighted by molar-refractivity contribution is 0.0888. The van der Waals surface area contributed by atoms with E-state index in [1.807, 2.05) is 26.8 Å². The summed E-state index contributed by atoms with van der Waals surface area (Å²) in [6.07, 6.45) is 0. The second kappa shape index (κ2) is 6.57. The van der Waals surface area contributed by atoms with Gasteiger partial charge in [-0.2, -0.15) is 0 Å². The highest BCUT2D eigenvalue weighted by Gasteiger charge is 2.25. The Kier molecular flexibility index (Phi) is 5.36. The Hall–Kier alpha value is -1.55. The average molecular weight is 265 g/mol. The lowest BCUT2D eigenvalue weighted by Crippen LogP contribution is -2.28. The van der Waals surface area contributed by atoms with Crippen molar-refractivity contribution >= 4 is 5.78 Å². The molecule has 1 aromatic rings. The van der Waals surface area contributed by atoms with Crippen LogP contribution in [-0.4, -0.2) is 26.5 Å². The Morgan fingerprint density at radius 1 is 1.21 bits per heavy atom. The number of carbonyl (C=O) groups excluding carboxylic acids is 1. The molecule has 0 aliphatic heterocycles. The van der Waals surface area contributed by atoms with Crippen molar-refractivity contribution in [1.29, 1.82) is 0 Å². The molecule has 0 spiro atoms. The largest absolute Gasteiger partial charge is 0.496 e. The van der Waals surface area contributed by atoms with Crippen molar-refractivity contribution in [2.75, 3.05) is 20.8 Å². The Labute approximate surface area is 114 Å². The van der Waals surface area contributed by atoms with Gasteiger partial charge in [-0.25, -0.2) is 0 Å². The van der Waals surface area contributed by atoms with Gasteiger partial charge in [0.05, 0.1) is 19.8 Å². The third-order valence-corrected chi connectivity index (χ3v) is 3.38. The van der Waals surface area contributed by atoms with E-state index >= 15 is 0 Å². The molecule has 4 heteroatoms. The van der Waals surface area contributed by atoms with E-state index in [0.29, 0.717) is 23.6 Å². The molecule has 0 heterocycles. The molecule has 0 saturated carbocycles. The predicted molar refractivity (Wildman–Crippen MR) is 76.0 cm³/mol. The fourth-order valence-electron chi connectivity index (χ4n) is 2.12. The van der Waals surface area contributed by atoms with Crippen molar-refractivity contribution in [3.05, 3.63) is 23.3 Å². The summed E-state index contributed by atoms with van der Waals surface area (Å²) < 4.78 is 10.6. The smallest absolute Gasteiger partial charge is 0.171 e. The molecule has 0 saturated heterocycles. The van der Waals surface area contributed by atoms with Crippen LogP contribution in [-0.2, 0) is 0 Å². The number of nitrogens with two attached hydrogens (primary N) is 1. The highest BCUT2D eigenvalue weighted by Crippen LogP contribution is 2.31. The minimum atomic E-state index is -0.207. The van der Waals surface area contributed by atoms with Crippen molar-refractivity contribution in [3.63, 3.8) is 0 Å². The van der Waals surface area contributed by atoms with Crippen molar-refractivity contribution in [1.82, 2.24) is 0 Å². The number of aryl methyl sites for hydroxylation is 1. The summed E-state index contributed by atoms with van der Waals surface area (Å²) in [5.74, 6) is 1.24. The fraction of sp³-hybridized carbons (Fsp3) is 0.533. The first-order valence-corrected chi connectivity index (χ1v) is 6.43. The zero-order chi connectivity index (χ0) is 14.6. The highest BCUT2D eigenvalue weighted by molar-refractivity contribution is 6.01. The number of carbonyl (C=O) groups is 1. The van der Waals surface area contributed by atoms with Crippen LogP contribution in [0.25, 0.3) is 0 Å². The molecule has 106 valence electrons. The number of hydrogen-bond acceptors (Lipinski definition) is 4. The predicted octanol–water partition coefficient (Wildman–Crippen LogP) is 2.43. The molecule has 0 fully saturated rings. The molecular formula is C15H23NO3. The molecule has 0 bridgehead atoms. The normalized spacial score (nSPS) is 12.4. The lowest BCUT2D eigenvalue weighted by Gasteiger charge is -2.20. The average Bonchev–Trinajstić information content (AvgIpc) is 2.38. The first-order valence-electron chi connectivity index (χ1n) is 6.43. The van der Waals surface area contributed by atoms with Gasteiger partial charge < -0.3 is 15.2 Å². The topological polar surface area (TPSA) is 61.5 Å². The zero-order valence-electron chi connectivity index (χ0n) is 12.3. The minimum Gasteiger partial charge on any atom is -0.496 e. The van der Waals surface area contributed by atoms with E-state index in [4.69, 9.17) is 15.2 Å². The minimum absolute atomic E-state index is 0.00708. The number of rotatable bonds is 6. The first-order chi connectivity index (χ1) is 8.96. The van der Waals surface area contributed by atoms with E-state index in [0.717, 1.165) is 5.56 Å². The van der Waals surface area contributed by atoms with E-state index in [2.05, 4.69) is 0 Å². The summed E-state index contributed by atoms with van der Waals surface area (Å²) in [5.41, 5.74) is 7.18. The summed E-state index contributed by atoms with van der Waals surface area (Å²) in [5, 5.41) is 0. The first kappa shape index (κ1) is 15.5. The van der Waals surface area contributed by atoms with Crippen LogP contribution < -0.4 is 15.2 Å². The van der Waals surface area contributed by atoms with Gasteiger partial charge in [0.2, 0.25) is 0 Å². The van der Waals surface area contributed by atoms with Crippen molar-refractivity contribution in [3.8, 4) is 11.5 Å². The van der Waals surface area contributed by atoms with Gasteiger partial charge in [0.25, 0.3) is 0 Å². The molecule has 1 atom stereocenters. The third kappa shape index (κ3) is 3.26. The summed E-state index contributed by atoms with van der Waals surface area (Å²) in [4.78, 5) is 12.6. The van der Waals surface area contributed by atoms with Crippen molar-refractivity contribution in [2.24, 2.45) is 17.6 Å². The second-order valence-electron chi connectivity index (χ2n) is 4.97. The van der Waals surface area contributed by atoms with Gasteiger partial charge in [0.15, 0.2) is 5.78 Å². The maximum absolute atomic E-state index is 12.6. The maximum atomic E-state index is 12.6. The van der Waals surface area contributed by atoms with E-state index in [-0.39, 0.29) is 17.6 Å². The van der Waals surface area contributed by atoms with Gasteiger partial charge in [-0.05, 0) is 30.5 Å². The van der Waals surface area contributed by atoms with E-state index < -0.39 is 0 Å². The van der Waals surface area contributed by atoms with Gasteiger partial charge >= 0.3 is 0 Å². The van der Waals surface area contributed by atoms with Gasteiger partial charge in [-0.3, -0.25) is 4.79 Å². The number of ether oxygens (including phenoxy) is 2. The SMILES string of the molecule is COc1cc(C(=O)C(CN)C(C)C)c(OC)cc1C. The molecule has 0 radical (unpaired) electrons. The van der Waals surface area contributed by atoms with Crippen LogP contribution in [0.2, 0.25) is 0 Å². The number of hydrogen-bond donors (Lipinski definition) is 1. The number of methoxy groups -OCH3 is 2. The molecule has 0 aromatic heterocycles. The Morgan fingerprint density at radius 3 is 2.21 bits per heavy atom. The van der Waals surface area contributed by atoms with Crippen molar-refractivity contribution < 1.29 is 14.3 Å². The van der Waals surface area contributed by atoms with Crippen LogP contribution in [0.1, 0.15) is 29.8 Å². The Bertz CT molecular complexity index is 455. The summed E-state index contributed by atoms with van der Waals surface area (Å²) in [7, 11) is 3.15. The molecule has 4 nitrogen and oxygen atoms in total. The molecule has 1 unspecified atom stereocenters. The second-order valence-corrected chi connectivity index (χ2v) is 4.97. The summed E-state index contributed by atoms with van der Waals surface area (Å²) in [6, 6.07) is 3.56. The summed E-state index contributed by atoms with van der Waals surface area (Å²) in [6.45, 7) is 6.23. The lowest BCUT2D eigenvalue weighted by atomic mass is 9.87. The van der Waals surface area contributed by atoms with Crippen LogP contribution in [0, 0.1) is 18.8 Å². The van der Waals surface area contributed by atoms with E-state index in [9.17, 15) is 4.79 Å². The molecule has 0 aliphatic carbocycles. The molecule has 19 heavy (non-hydrogen) atoms. The molecule has 2 N–H and O–H groups in total. The van der Waals surface area contributed by atoms with Gasteiger partial charge in [0.1, 0.15) is 11.5 Å². The highest BCUT2D eigenvalue weighted by atomic mass is 16.5. The Balaban J connectivity index is 3.27.